The van der Waals surface area contributed by atoms with Crippen LogP contribution >= 0.6 is 11.6 Å². The van der Waals surface area contributed by atoms with Gasteiger partial charge in [-0.15, -0.1) is 0 Å². The van der Waals surface area contributed by atoms with E-state index in [0.717, 1.165) is 12.1 Å². The molecule has 37 heavy (non-hydrogen) atoms. The van der Waals surface area contributed by atoms with Crippen LogP contribution in [0.5, 0.6) is 11.8 Å². The van der Waals surface area contributed by atoms with Crippen LogP contribution < -0.4 is 20.1 Å². The van der Waals surface area contributed by atoms with Crippen LogP contribution in [0.15, 0.2) is 18.2 Å². The van der Waals surface area contributed by atoms with Crippen molar-refractivity contribution in [3.05, 3.63) is 40.4 Å². The predicted octanol–water partition coefficient (Wildman–Crippen LogP) is 1.92. The molecule has 2 fully saturated rings. The van der Waals surface area contributed by atoms with E-state index >= 15 is 0 Å². The zero-order valence-corrected chi connectivity index (χ0v) is 20.3. The third-order valence-electron chi connectivity index (χ3n) is 5.94. The number of nitrogens with one attached hydrogen (secondary N) is 3. The summed E-state index contributed by atoms with van der Waals surface area (Å²) in [7, 11) is 0. The summed E-state index contributed by atoms with van der Waals surface area (Å²) in [5.74, 6) is -1.68. The Labute approximate surface area is 214 Å². The molecule has 0 spiro atoms. The number of ether oxygens (including phenoxy) is 4. The van der Waals surface area contributed by atoms with Crippen LogP contribution in [-0.4, -0.2) is 76.7 Å². The minimum absolute atomic E-state index is 0.00206. The fourth-order valence-electron chi connectivity index (χ4n) is 4.16. The first-order valence-electron chi connectivity index (χ1n) is 11.5. The second-order valence-corrected chi connectivity index (χ2v) is 9.01. The van der Waals surface area contributed by atoms with E-state index < -0.39 is 36.1 Å². The highest BCUT2D eigenvalue weighted by Gasteiger charge is 2.48. The number of aliphatic hydroxyl groups is 1. The number of carbonyl (C=O) groups is 1. The molecule has 2 aliphatic rings. The highest BCUT2D eigenvalue weighted by atomic mass is 35.5. The molecule has 0 unspecified atom stereocenters. The van der Waals surface area contributed by atoms with Crippen LogP contribution in [0.25, 0.3) is 11.2 Å². The van der Waals surface area contributed by atoms with E-state index in [9.17, 15) is 18.7 Å². The Morgan fingerprint density at radius 1 is 1.22 bits per heavy atom. The molecular weight excluding hydrogens is 516 g/mol. The molecule has 5 rings (SSSR count). The van der Waals surface area contributed by atoms with E-state index in [0.29, 0.717) is 5.52 Å². The van der Waals surface area contributed by atoms with Crippen molar-refractivity contribution >= 4 is 34.5 Å². The minimum atomic E-state index is -0.814. The molecule has 3 aromatic rings. The molecule has 14 heteroatoms. The van der Waals surface area contributed by atoms with Crippen LogP contribution in [-0.2, 0) is 20.8 Å². The Kier molecular flexibility index (Phi) is 7.29. The predicted molar refractivity (Wildman–Crippen MR) is 127 cm³/mol. The average molecular weight is 540 g/mol. The standard InChI is InChI=1S/C23H24ClF2N5O6/c1-10(32)27-2-3-34-11-4-14(25)12(15(26)5-11)7-28-21-13(24)6-16-22(30-21)31-23(29-16)37-18-9-36-19-17(33)8-35-20(18)19/h4-6,17-20,33H,2-3,7-9H2,1H3,(H,27,32)(H2,28,29,30,31)/t17-,18-,19-,20-/m1/s1. The number of aliphatic hydroxyl groups excluding tert-OH is 1. The van der Waals surface area contributed by atoms with Crippen molar-refractivity contribution in [3.8, 4) is 11.8 Å². The SMILES string of the molecule is CC(=O)NCCOc1cc(F)c(CNc2nc3nc(O[C@@H]4CO[C@H]5[C@@H]4OC[C@H]5O)[nH]c3cc2Cl)c(F)c1. The van der Waals surface area contributed by atoms with Crippen LogP contribution in [0, 0.1) is 11.6 Å². The van der Waals surface area contributed by atoms with Gasteiger partial charge >= 0.3 is 0 Å². The number of rotatable bonds is 9. The molecule has 2 aromatic heterocycles. The normalized spacial score (nSPS) is 22.7. The Morgan fingerprint density at radius 3 is 2.73 bits per heavy atom. The summed E-state index contributed by atoms with van der Waals surface area (Å²) in [4.78, 5) is 22.5. The number of hydrogen-bond donors (Lipinski definition) is 4. The first kappa shape index (κ1) is 25.4. The number of carbonyl (C=O) groups excluding carboxylic acids is 1. The molecular formula is C23H24ClF2N5O6. The Bertz CT molecular complexity index is 1290. The zero-order valence-electron chi connectivity index (χ0n) is 19.6. The summed E-state index contributed by atoms with van der Waals surface area (Å²) in [5.41, 5.74) is 0.535. The molecule has 11 nitrogen and oxygen atoms in total. The largest absolute Gasteiger partial charge is 0.492 e. The van der Waals surface area contributed by atoms with Gasteiger partial charge < -0.3 is 39.7 Å². The van der Waals surface area contributed by atoms with Crippen LogP contribution in [0.3, 0.4) is 0 Å². The third kappa shape index (κ3) is 5.54. The molecule has 1 aromatic carbocycles. The van der Waals surface area contributed by atoms with Gasteiger partial charge in [-0.1, -0.05) is 11.6 Å². The molecule has 2 aliphatic heterocycles. The van der Waals surface area contributed by atoms with Crippen molar-refractivity contribution in [2.75, 3.05) is 31.7 Å². The van der Waals surface area contributed by atoms with Gasteiger partial charge in [-0.2, -0.15) is 4.98 Å². The topological polar surface area (TPSA) is 140 Å². The molecule has 1 amide bonds. The number of pyridine rings is 1. The fourth-order valence-corrected chi connectivity index (χ4v) is 4.38. The van der Waals surface area contributed by atoms with Gasteiger partial charge in [0.25, 0.3) is 6.01 Å². The van der Waals surface area contributed by atoms with Gasteiger partial charge in [-0.3, -0.25) is 4.79 Å². The summed E-state index contributed by atoms with van der Waals surface area (Å²) in [6.07, 6.45) is -2.01. The van der Waals surface area contributed by atoms with Gasteiger partial charge in [0.15, 0.2) is 11.8 Å². The fraction of sp³-hybridized carbons (Fsp3) is 0.435. The van der Waals surface area contributed by atoms with E-state index in [1.54, 1.807) is 6.07 Å². The average Bonchev–Trinajstić information content (AvgIpc) is 3.53. The highest BCUT2D eigenvalue weighted by molar-refractivity contribution is 6.33. The Hall–Kier alpha value is -3.26. The van der Waals surface area contributed by atoms with E-state index in [1.807, 2.05) is 0 Å². The first-order valence-corrected chi connectivity index (χ1v) is 11.9. The second kappa shape index (κ2) is 10.6. The molecule has 0 saturated carbocycles. The molecule has 0 aliphatic carbocycles. The highest BCUT2D eigenvalue weighted by Crippen LogP contribution is 2.31. The van der Waals surface area contributed by atoms with Crippen LogP contribution in [0.4, 0.5) is 14.6 Å². The third-order valence-corrected chi connectivity index (χ3v) is 6.23. The van der Waals surface area contributed by atoms with Crippen LogP contribution in [0.2, 0.25) is 5.02 Å². The van der Waals surface area contributed by atoms with Crippen LogP contribution in [0.1, 0.15) is 12.5 Å². The van der Waals surface area contributed by atoms with E-state index in [4.69, 9.17) is 30.5 Å². The number of benzene rings is 1. The van der Waals surface area contributed by atoms with Gasteiger partial charge in [0.05, 0.1) is 30.3 Å². The first-order chi connectivity index (χ1) is 17.8. The Balaban J connectivity index is 1.23. The maximum absolute atomic E-state index is 14.6. The van der Waals surface area contributed by atoms with Gasteiger partial charge in [0.1, 0.15) is 48.1 Å². The van der Waals surface area contributed by atoms with Crippen molar-refractivity contribution < 1.29 is 37.6 Å². The van der Waals surface area contributed by atoms with Gasteiger partial charge in [0.2, 0.25) is 5.91 Å². The second-order valence-electron chi connectivity index (χ2n) is 8.60. The molecule has 4 heterocycles. The number of nitrogens with zero attached hydrogens (tertiary/aromatic N) is 2. The van der Waals surface area contributed by atoms with Crippen molar-refractivity contribution in [3.63, 3.8) is 0 Å². The summed E-state index contributed by atoms with van der Waals surface area (Å²) in [5, 5.41) is 15.4. The Morgan fingerprint density at radius 2 is 1.97 bits per heavy atom. The van der Waals surface area contributed by atoms with E-state index in [-0.39, 0.29) is 72.6 Å². The number of H-pyrrole nitrogens is 1. The lowest BCUT2D eigenvalue weighted by atomic mass is 10.1. The quantitative estimate of drug-likeness (QED) is 0.300. The number of imidazole rings is 1. The lowest BCUT2D eigenvalue weighted by molar-refractivity contribution is -0.119. The van der Waals surface area contributed by atoms with E-state index in [1.165, 1.54) is 6.92 Å². The number of amides is 1. The van der Waals surface area contributed by atoms with Crippen molar-refractivity contribution in [1.82, 2.24) is 20.3 Å². The summed E-state index contributed by atoms with van der Waals surface area (Å²) in [6, 6.07) is 3.86. The molecule has 4 atom stereocenters. The lowest BCUT2D eigenvalue weighted by Crippen LogP contribution is -2.34. The maximum Gasteiger partial charge on any atom is 0.296 e. The summed E-state index contributed by atoms with van der Waals surface area (Å²) in [6.45, 7) is 1.81. The number of fused-ring (bicyclic) bond motifs is 2. The van der Waals surface area contributed by atoms with Gasteiger partial charge in [-0.25, -0.2) is 13.8 Å². The van der Waals surface area contributed by atoms with Crippen molar-refractivity contribution in [1.29, 1.82) is 0 Å². The summed E-state index contributed by atoms with van der Waals surface area (Å²) >= 11 is 6.32. The summed E-state index contributed by atoms with van der Waals surface area (Å²) < 4.78 is 51.4. The van der Waals surface area contributed by atoms with E-state index in [2.05, 4.69) is 25.6 Å². The number of aromatic amines is 1. The smallest absolute Gasteiger partial charge is 0.296 e. The lowest BCUT2D eigenvalue weighted by Gasteiger charge is -2.15. The molecule has 2 saturated heterocycles. The molecule has 0 bridgehead atoms. The number of halogens is 3. The number of anilines is 1. The van der Waals surface area contributed by atoms with Gasteiger partial charge in [0, 0.05) is 31.2 Å². The maximum atomic E-state index is 14.6. The number of aromatic nitrogens is 3. The monoisotopic (exact) mass is 539 g/mol. The molecule has 4 N–H and O–H groups in total. The van der Waals surface area contributed by atoms with Crippen molar-refractivity contribution in [2.24, 2.45) is 0 Å². The van der Waals surface area contributed by atoms with Gasteiger partial charge in [-0.05, 0) is 6.07 Å². The molecule has 198 valence electrons. The van der Waals surface area contributed by atoms with Crippen molar-refractivity contribution in [2.45, 2.75) is 37.9 Å². The molecule has 0 radical (unpaired) electrons. The zero-order chi connectivity index (χ0) is 26.1. The minimum Gasteiger partial charge on any atom is -0.492 e. The number of hydrogen-bond acceptors (Lipinski definition) is 9.